The summed E-state index contributed by atoms with van der Waals surface area (Å²) in [6, 6.07) is 3.91. The van der Waals surface area contributed by atoms with Gasteiger partial charge in [0.2, 0.25) is 0 Å². The highest BCUT2D eigenvalue weighted by atomic mass is 16.5. The summed E-state index contributed by atoms with van der Waals surface area (Å²) in [6.45, 7) is 6.91. The Kier molecular flexibility index (Phi) is 2.99. The van der Waals surface area contributed by atoms with Crippen LogP contribution in [0.5, 0.6) is 0 Å². The van der Waals surface area contributed by atoms with E-state index in [0.717, 1.165) is 11.7 Å². The monoisotopic (exact) mass is 249 g/mol. The third kappa shape index (κ3) is 2.10. The molecular formula is C15H23NO2. The van der Waals surface area contributed by atoms with Gasteiger partial charge in [-0.1, -0.05) is 13.3 Å². The fraction of sp³-hybridized carbons (Fsp3) is 0.733. The van der Waals surface area contributed by atoms with Gasteiger partial charge in [-0.15, -0.1) is 0 Å². The van der Waals surface area contributed by atoms with Crippen molar-refractivity contribution >= 4 is 0 Å². The molecule has 0 radical (unpaired) electrons. The molecule has 2 heterocycles. The molecule has 1 saturated carbocycles. The first-order valence-electron chi connectivity index (χ1n) is 7.03. The summed E-state index contributed by atoms with van der Waals surface area (Å²) < 4.78 is 11.7. The number of rotatable bonds is 1. The van der Waals surface area contributed by atoms with Crippen LogP contribution < -0.4 is 5.32 Å². The summed E-state index contributed by atoms with van der Waals surface area (Å²) >= 11 is 0. The van der Waals surface area contributed by atoms with Gasteiger partial charge in [0.05, 0.1) is 12.4 Å². The molecule has 1 N–H and O–H groups in total. The average molecular weight is 249 g/mol. The van der Waals surface area contributed by atoms with E-state index in [4.69, 9.17) is 9.15 Å². The molecule has 3 rings (SSSR count). The van der Waals surface area contributed by atoms with Crippen LogP contribution in [0.3, 0.4) is 0 Å². The SMILES string of the molecule is C[C@@H]1CC[C@@H]2[C@@H](C1)O[C@@H](c1ccco1)NC2(C)C. The molecule has 0 amide bonds. The van der Waals surface area contributed by atoms with Crippen molar-refractivity contribution < 1.29 is 9.15 Å². The largest absolute Gasteiger partial charge is 0.465 e. The van der Waals surface area contributed by atoms with Gasteiger partial charge < -0.3 is 9.15 Å². The summed E-state index contributed by atoms with van der Waals surface area (Å²) in [6.07, 6.45) is 5.73. The highest BCUT2D eigenvalue weighted by molar-refractivity contribution is 5.07. The van der Waals surface area contributed by atoms with E-state index in [2.05, 4.69) is 26.1 Å². The molecular weight excluding hydrogens is 226 g/mol. The molecule has 0 unspecified atom stereocenters. The molecule has 3 nitrogen and oxygen atoms in total. The Morgan fingerprint density at radius 1 is 1.33 bits per heavy atom. The van der Waals surface area contributed by atoms with Gasteiger partial charge in [-0.2, -0.15) is 0 Å². The maximum Gasteiger partial charge on any atom is 0.167 e. The zero-order valence-electron chi connectivity index (χ0n) is 11.5. The second kappa shape index (κ2) is 4.39. The number of nitrogens with one attached hydrogen (secondary N) is 1. The molecule has 1 aromatic heterocycles. The van der Waals surface area contributed by atoms with E-state index in [1.165, 1.54) is 19.3 Å². The van der Waals surface area contributed by atoms with Gasteiger partial charge in [-0.25, -0.2) is 0 Å². The Balaban J connectivity index is 1.82. The first kappa shape index (κ1) is 12.2. The average Bonchev–Trinajstić information content (AvgIpc) is 2.80. The number of hydrogen-bond acceptors (Lipinski definition) is 3. The van der Waals surface area contributed by atoms with Gasteiger partial charge in [0.1, 0.15) is 5.76 Å². The molecule has 100 valence electrons. The van der Waals surface area contributed by atoms with Crippen molar-refractivity contribution in [2.75, 3.05) is 0 Å². The van der Waals surface area contributed by atoms with Crippen LogP contribution in [-0.4, -0.2) is 11.6 Å². The van der Waals surface area contributed by atoms with Crippen LogP contribution in [0.1, 0.15) is 52.0 Å². The quantitative estimate of drug-likeness (QED) is 0.827. The molecule has 1 aliphatic carbocycles. The normalized spacial score (nSPS) is 39.3. The van der Waals surface area contributed by atoms with E-state index in [1.807, 2.05) is 12.1 Å². The van der Waals surface area contributed by atoms with Gasteiger partial charge in [0, 0.05) is 11.5 Å². The predicted molar refractivity (Wildman–Crippen MR) is 70.0 cm³/mol. The molecule has 1 saturated heterocycles. The second-order valence-corrected chi connectivity index (χ2v) is 6.46. The molecule has 0 aromatic carbocycles. The summed E-state index contributed by atoms with van der Waals surface area (Å²) in [5.74, 6) is 2.28. The molecule has 4 atom stereocenters. The maximum absolute atomic E-state index is 6.24. The van der Waals surface area contributed by atoms with Crippen molar-refractivity contribution in [1.82, 2.24) is 5.32 Å². The van der Waals surface area contributed by atoms with Crippen molar-refractivity contribution in [3.63, 3.8) is 0 Å². The fourth-order valence-electron chi connectivity index (χ4n) is 3.54. The smallest absolute Gasteiger partial charge is 0.167 e. The third-order valence-corrected chi connectivity index (χ3v) is 4.60. The van der Waals surface area contributed by atoms with Crippen LogP contribution in [0.25, 0.3) is 0 Å². The van der Waals surface area contributed by atoms with Gasteiger partial charge in [-0.05, 0) is 44.7 Å². The lowest BCUT2D eigenvalue weighted by molar-refractivity contribution is -0.162. The molecule has 3 heteroatoms. The molecule has 0 spiro atoms. The van der Waals surface area contributed by atoms with E-state index in [0.29, 0.717) is 12.0 Å². The molecule has 1 aliphatic heterocycles. The summed E-state index contributed by atoms with van der Waals surface area (Å²) in [7, 11) is 0. The van der Waals surface area contributed by atoms with Crippen molar-refractivity contribution in [3.05, 3.63) is 24.2 Å². The summed E-state index contributed by atoms with van der Waals surface area (Å²) in [4.78, 5) is 0. The summed E-state index contributed by atoms with van der Waals surface area (Å²) in [5.41, 5.74) is 0.112. The molecule has 2 fully saturated rings. The van der Waals surface area contributed by atoms with E-state index in [9.17, 15) is 0 Å². The minimum atomic E-state index is -0.0958. The molecule has 0 bridgehead atoms. The van der Waals surface area contributed by atoms with E-state index >= 15 is 0 Å². The lowest BCUT2D eigenvalue weighted by Crippen LogP contribution is -2.59. The Labute approximate surface area is 109 Å². The van der Waals surface area contributed by atoms with Crippen LogP contribution in [0, 0.1) is 11.8 Å². The van der Waals surface area contributed by atoms with Crippen molar-refractivity contribution in [2.45, 2.75) is 57.9 Å². The molecule has 1 aromatic rings. The third-order valence-electron chi connectivity index (χ3n) is 4.60. The van der Waals surface area contributed by atoms with Gasteiger partial charge in [0.15, 0.2) is 6.23 Å². The Hall–Kier alpha value is -0.800. The number of ether oxygens (including phenoxy) is 1. The Morgan fingerprint density at radius 2 is 2.17 bits per heavy atom. The van der Waals surface area contributed by atoms with E-state index < -0.39 is 0 Å². The maximum atomic E-state index is 6.24. The first-order chi connectivity index (χ1) is 8.56. The topological polar surface area (TPSA) is 34.4 Å². The fourth-order valence-corrected chi connectivity index (χ4v) is 3.54. The first-order valence-corrected chi connectivity index (χ1v) is 7.03. The number of hydrogen-bond donors (Lipinski definition) is 1. The number of furan rings is 1. The highest BCUT2D eigenvalue weighted by Crippen LogP contribution is 2.43. The van der Waals surface area contributed by atoms with E-state index in [-0.39, 0.29) is 11.8 Å². The van der Waals surface area contributed by atoms with Crippen LogP contribution >= 0.6 is 0 Å². The minimum Gasteiger partial charge on any atom is -0.465 e. The van der Waals surface area contributed by atoms with Gasteiger partial charge >= 0.3 is 0 Å². The number of fused-ring (bicyclic) bond motifs is 1. The van der Waals surface area contributed by atoms with E-state index in [1.54, 1.807) is 6.26 Å². The Bertz CT molecular complexity index is 399. The lowest BCUT2D eigenvalue weighted by atomic mass is 9.70. The highest BCUT2D eigenvalue weighted by Gasteiger charge is 2.46. The second-order valence-electron chi connectivity index (χ2n) is 6.46. The molecule has 18 heavy (non-hydrogen) atoms. The van der Waals surface area contributed by atoms with Crippen LogP contribution in [0.2, 0.25) is 0 Å². The van der Waals surface area contributed by atoms with Gasteiger partial charge in [0.25, 0.3) is 0 Å². The van der Waals surface area contributed by atoms with Crippen LogP contribution in [0.15, 0.2) is 22.8 Å². The van der Waals surface area contributed by atoms with Crippen molar-refractivity contribution in [1.29, 1.82) is 0 Å². The standard InChI is InChI=1S/C15H23NO2/c1-10-6-7-11-13(9-10)18-14(16-15(11,2)3)12-5-4-8-17-12/h4-5,8,10-11,13-14,16H,6-7,9H2,1-3H3/t10-,11-,13-,14+/m1/s1. The lowest BCUT2D eigenvalue weighted by Gasteiger charge is -2.50. The molecule has 2 aliphatic rings. The van der Waals surface area contributed by atoms with Crippen molar-refractivity contribution in [3.8, 4) is 0 Å². The van der Waals surface area contributed by atoms with Crippen molar-refractivity contribution in [2.24, 2.45) is 11.8 Å². The zero-order valence-corrected chi connectivity index (χ0v) is 11.5. The Morgan fingerprint density at radius 3 is 2.89 bits per heavy atom. The van der Waals surface area contributed by atoms with Crippen LogP contribution in [0.4, 0.5) is 0 Å². The van der Waals surface area contributed by atoms with Crippen LogP contribution in [-0.2, 0) is 4.74 Å². The van der Waals surface area contributed by atoms with Gasteiger partial charge in [-0.3, -0.25) is 5.32 Å². The minimum absolute atomic E-state index is 0.0958. The predicted octanol–water partition coefficient (Wildman–Crippen LogP) is 3.48. The zero-order chi connectivity index (χ0) is 12.8. The summed E-state index contributed by atoms with van der Waals surface area (Å²) in [5, 5.41) is 3.59.